The van der Waals surface area contributed by atoms with Crippen molar-refractivity contribution in [3.8, 4) is 0 Å². The molecule has 2 saturated carbocycles. The monoisotopic (exact) mass is 233 g/mol. The van der Waals surface area contributed by atoms with Gasteiger partial charge in [-0.1, -0.05) is 18.6 Å². The largest absolute Gasteiger partial charge is 0.321 e. The zero-order chi connectivity index (χ0) is 12.0. The normalized spacial score (nSPS) is 34.9. The van der Waals surface area contributed by atoms with Crippen molar-refractivity contribution in [1.82, 2.24) is 0 Å². The fraction of sp³-hybridized carbons (Fsp3) is 0.600. The van der Waals surface area contributed by atoms with Crippen LogP contribution >= 0.6 is 0 Å². The first kappa shape index (κ1) is 11.2. The molecular weight excluding hydrogens is 213 g/mol. The van der Waals surface area contributed by atoms with Crippen LogP contribution in [-0.4, -0.2) is 0 Å². The Kier molecular flexibility index (Phi) is 2.51. The second-order valence-electron chi connectivity index (χ2n) is 6.07. The van der Waals surface area contributed by atoms with Gasteiger partial charge in [-0.15, -0.1) is 0 Å². The Morgan fingerprint density at radius 1 is 1.18 bits per heavy atom. The lowest BCUT2D eigenvalue weighted by Crippen LogP contribution is -2.43. The van der Waals surface area contributed by atoms with Gasteiger partial charge in [0.1, 0.15) is 5.82 Å². The average Bonchev–Trinajstić information content (AvgIpc) is 2.91. The second kappa shape index (κ2) is 3.81. The number of hydrogen-bond acceptors (Lipinski definition) is 1. The fourth-order valence-corrected chi connectivity index (χ4v) is 4.00. The predicted octanol–water partition coefficient (Wildman–Crippen LogP) is 3.44. The van der Waals surface area contributed by atoms with Gasteiger partial charge in [-0.3, -0.25) is 0 Å². The van der Waals surface area contributed by atoms with Crippen LogP contribution in [0.15, 0.2) is 24.3 Å². The van der Waals surface area contributed by atoms with Crippen LogP contribution in [0.25, 0.3) is 0 Å². The minimum atomic E-state index is -0.298. The molecule has 0 radical (unpaired) electrons. The van der Waals surface area contributed by atoms with E-state index in [1.165, 1.54) is 37.8 Å². The molecule has 0 spiro atoms. The lowest BCUT2D eigenvalue weighted by Gasteiger charge is -2.37. The zero-order valence-electron chi connectivity index (χ0n) is 10.3. The molecule has 0 aliphatic heterocycles. The number of fused-ring (bicyclic) bond motifs is 2. The summed E-state index contributed by atoms with van der Waals surface area (Å²) in [6, 6.07) is 6.74. The summed E-state index contributed by atoms with van der Waals surface area (Å²) < 4.78 is 13.0. The lowest BCUT2D eigenvalue weighted by atomic mass is 9.72. The SMILES string of the molecule is CC(N)(c1ccc(F)cc1)C1CC2CCC1C2. The number of nitrogens with two attached hydrogens (primary N) is 1. The second-order valence-corrected chi connectivity index (χ2v) is 6.07. The van der Waals surface area contributed by atoms with Gasteiger partial charge >= 0.3 is 0 Å². The third-order valence-electron chi connectivity index (χ3n) is 4.97. The van der Waals surface area contributed by atoms with E-state index in [0.29, 0.717) is 5.92 Å². The van der Waals surface area contributed by atoms with Gasteiger partial charge in [-0.05, 0) is 61.6 Å². The van der Waals surface area contributed by atoms with Crippen molar-refractivity contribution in [1.29, 1.82) is 0 Å². The smallest absolute Gasteiger partial charge is 0.123 e. The van der Waals surface area contributed by atoms with Crippen LogP contribution in [-0.2, 0) is 5.54 Å². The van der Waals surface area contributed by atoms with Gasteiger partial charge in [-0.2, -0.15) is 0 Å². The molecule has 92 valence electrons. The van der Waals surface area contributed by atoms with Gasteiger partial charge in [0, 0.05) is 5.54 Å². The summed E-state index contributed by atoms with van der Waals surface area (Å²) in [7, 11) is 0. The van der Waals surface area contributed by atoms with E-state index in [2.05, 4.69) is 6.92 Å². The molecule has 1 nitrogen and oxygen atoms in total. The highest BCUT2D eigenvalue weighted by atomic mass is 19.1. The van der Waals surface area contributed by atoms with E-state index in [-0.39, 0.29) is 11.4 Å². The molecular formula is C15H20FN. The first-order valence-electron chi connectivity index (χ1n) is 6.62. The Morgan fingerprint density at radius 2 is 1.88 bits per heavy atom. The van der Waals surface area contributed by atoms with Crippen molar-refractivity contribution in [3.05, 3.63) is 35.6 Å². The van der Waals surface area contributed by atoms with Gasteiger partial charge in [0.2, 0.25) is 0 Å². The number of benzene rings is 1. The summed E-state index contributed by atoms with van der Waals surface area (Å²) in [5.41, 5.74) is 7.34. The summed E-state index contributed by atoms with van der Waals surface area (Å²) in [6.45, 7) is 2.12. The van der Waals surface area contributed by atoms with Crippen molar-refractivity contribution in [2.45, 2.75) is 38.1 Å². The highest BCUT2D eigenvalue weighted by Crippen LogP contribution is 2.53. The van der Waals surface area contributed by atoms with Crippen LogP contribution in [0.1, 0.15) is 38.2 Å². The quantitative estimate of drug-likeness (QED) is 0.832. The summed E-state index contributed by atoms with van der Waals surface area (Å²) in [5, 5.41) is 0. The molecule has 4 unspecified atom stereocenters. The molecule has 2 bridgehead atoms. The van der Waals surface area contributed by atoms with E-state index in [0.717, 1.165) is 17.4 Å². The molecule has 4 atom stereocenters. The molecule has 17 heavy (non-hydrogen) atoms. The third kappa shape index (κ3) is 1.79. The third-order valence-corrected chi connectivity index (χ3v) is 4.97. The molecule has 2 heteroatoms. The molecule has 3 rings (SSSR count). The summed E-state index contributed by atoms with van der Waals surface area (Å²) in [4.78, 5) is 0. The van der Waals surface area contributed by atoms with Gasteiger partial charge in [-0.25, -0.2) is 4.39 Å². The molecule has 2 fully saturated rings. The Hall–Kier alpha value is -0.890. The average molecular weight is 233 g/mol. The first-order chi connectivity index (χ1) is 8.07. The van der Waals surface area contributed by atoms with E-state index in [4.69, 9.17) is 5.73 Å². The Balaban J connectivity index is 1.87. The van der Waals surface area contributed by atoms with Crippen LogP contribution in [0, 0.1) is 23.6 Å². The van der Waals surface area contributed by atoms with Crippen molar-refractivity contribution >= 4 is 0 Å². The Morgan fingerprint density at radius 3 is 2.41 bits per heavy atom. The molecule has 0 aromatic heterocycles. The van der Waals surface area contributed by atoms with E-state index < -0.39 is 0 Å². The standard InChI is InChI=1S/C15H20FN/c1-15(17,12-4-6-13(16)7-5-12)14-9-10-2-3-11(14)8-10/h4-7,10-11,14H,2-3,8-9,17H2,1H3. The van der Waals surface area contributed by atoms with E-state index >= 15 is 0 Å². The van der Waals surface area contributed by atoms with Gasteiger partial charge in [0.15, 0.2) is 0 Å². The van der Waals surface area contributed by atoms with Gasteiger partial charge in [0.05, 0.1) is 0 Å². The Labute approximate surface area is 102 Å². The van der Waals surface area contributed by atoms with Crippen molar-refractivity contribution < 1.29 is 4.39 Å². The maximum absolute atomic E-state index is 13.0. The first-order valence-corrected chi connectivity index (χ1v) is 6.62. The van der Waals surface area contributed by atoms with Crippen LogP contribution in [0.3, 0.4) is 0 Å². The topological polar surface area (TPSA) is 26.0 Å². The molecule has 0 heterocycles. The summed E-state index contributed by atoms with van der Waals surface area (Å²) >= 11 is 0. The Bertz CT molecular complexity index is 409. The molecule has 2 aliphatic carbocycles. The van der Waals surface area contributed by atoms with Crippen molar-refractivity contribution in [2.24, 2.45) is 23.5 Å². The van der Waals surface area contributed by atoms with E-state index in [9.17, 15) is 4.39 Å². The minimum absolute atomic E-state index is 0.183. The van der Waals surface area contributed by atoms with Crippen molar-refractivity contribution in [3.63, 3.8) is 0 Å². The van der Waals surface area contributed by atoms with E-state index in [1.54, 1.807) is 0 Å². The van der Waals surface area contributed by atoms with Crippen LogP contribution in [0.2, 0.25) is 0 Å². The predicted molar refractivity (Wildman–Crippen MR) is 66.9 cm³/mol. The number of hydrogen-bond donors (Lipinski definition) is 1. The molecule has 0 amide bonds. The maximum Gasteiger partial charge on any atom is 0.123 e. The number of halogens is 1. The maximum atomic E-state index is 13.0. The van der Waals surface area contributed by atoms with Crippen molar-refractivity contribution in [2.75, 3.05) is 0 Å². The van der Waals surface area contributed by atoms with Gasteiger partial charge < -0.3 is 5.73 Å². The van der Waals surface area contributed by atoms with Crippen LogP contribution in [0.4, 0.5) is 4.39 Å². The van der Waals surface area contributed by atoms with Crippen LogP contribution in [0.5, 0.6) is 0 Å². The minimum Gasteiger partial charge on any atom is -0.321 e. The lowest BCUT2D eigenvalue weighted by molar-refractivity contribution is 0.204. The summed E-state index contributed by atoms with van der Waals surface area (Å²) in [5.74, 6) is 2.08. The summed E-state index contributed by atoms with van der Waals surface area (Å²) in [6.07, 6.45) is 5.34. The highest BCUT2D eigenvalue weighted by Gasteiger charge is 2.47. The number of rotatable bonds is 2. The molecule has 0 saturated heterocycles. The molecule has 2 aliphatic rings. The van der Waals surface area contributed by atoms with E-state index in [1.807, 2.05) is 12.1 Å². The zero-order valence-corrected chi connectivity index (χ0v) is 10.3. The van der Waals surface area contributed by atoms with Crippen LogP contribution < -0.4 is 5.73 Å². The molecule has 1 aromatic carbocycles. The molecule has 2 N–H and O–H groups in total. The highest BCUT2D eigenvalue weighted by molar-refractivity contribution is 5.26. The molecule has 1 aromatic rings. The van der Waals surface area contributed by atoms with Gasteiger partial charge in [0.25, 0.3) is 0 Å². The fourth-order valence-electron chi connectivity index (χ4n) is 4.00.